The zero-order chi connectivity index (χ0) is 11.4. The third-order valence-electron chi connectivity index (χ3n) is 2.24. The summed E-state index contributed by atoms with van der Waals surface area (Å²) in [5, 5.41) is 2.85. The van der Waals surface area contributed by atoms with Crippen LogP contribution in [0.3, 0.4) is 0 Å². The van der Waals surface area contributed by atoms with Crippen molar-refractivity contribution in [2.45, 2.75) is 32.4 Å². The molecule has 0 heterocycles. The fourth-order valence-corrected chi connectivity index (χ4v) is 1.76. The summed E-state index contributed by atoms with van der Waals surface area (Å²) in [4.78, 5) is 0. The molecule has 4 heteroatoms. The minimum Gasteiger partial charge on any atom is -0.302 e. The molecule has 1 unspecified atom stereocenters. The summed E-state index contributed by atoms with van der Waals surface area (Å²) in [6.07, 6.45) is -2.33. The smallest absolute Gasteiger partial charge is 0.253 e. The number of rotatable bonds is 4. The molecule has 0 bridgehead atoms. The van der Waals surface area contributed by atoms with E-state index in [0.29, 0.717) is 0 Å². The normalized spacial score (nSPS) is 15.3. The van der Waals surface area contributed by atoms with Gasteiger partial charge in [-0.15, -0.1) is 0 Å². The highest BCUT2D eigenvalue weighted by Gasteiger charge is 2.17. The van der Waals surface area contributed by atoms with Gasteiger partial charge in [0.2, 0.25) is 0 Å². The molecule has 0 spiro atoms. The molecule has 0 aromatic heterocycles. The van der Waals surface area contributed by atoms with Crippen LogP contribution in [0, 0.1) is 0 Å². The van der Waals surface area contributed by atoms with E-state index in [1.807, 2.05) is 31.2 Å². The molecule has 0 saturated heterocycles. The first-order chi connectivity index (χ1) is 7.00. The zero-order valence-electron chi connectivity index (χ0n) is 8.68. The average Bonchev–Trinajstić information content (AvgIpc) is 2.17. The van der Waals surface area contributed by atoms with E-state index in [0.717, 1.165) is 10.0 Å². The molecule has 0 fully saturated rings. The number of benzene rings is 1. The molecule has 0 radical (unpaired) electrons. The maximum atomic E-state index is 12.3. The molecule has 1 rings (SSSR count). The highest BCUT2D eigenvalue weighted by Crippen LogP contribution is 2.18. The molecule has 0 aliphatic rings. The molecule has 84 valence electrons. The predicted molar refractivity (Wildman–Crippen MR) is 61.2 cm³/mol. The Hall–Kier alpha value is -0.480. The Balaban J connectivity index is 2.64. The molecule has 1 aromatic carbocycles. The van der Waals surface area contributed by atoms with Crippen molar-refractivity contribution in [3.8, 4) is 0 Å². The largest absolute Gasteiger partial charge is 0.302 e. The maximum Gasteiger partial charge on any atom is 0.253 e. The first-order valence-corrected chi connectivity index (χ1v) is 5.59. The quantitative estimate of drug-likeness (QED) is 0.884. The number of alkyl halides is 2. The zero-order valence-corrected chi connectivity index (χ0v) is 10.3. The van der Waals surface area contributed by atoms with Gasteiger partial charge in [0, 0.05) is 10.5 Å². The van der Waals surface area contributed by atoms with Crippen LogP contribution in [0.4, 0.5) is 8.78 Å². The van der Waals surface area contributed by atoms with Crippen molar-refractivity contribution in [1.82, 2.24) is 5.32 Å². The van der Waals surface area contributed by atoms with Gasteiger partial charge in [-0.25, -0.2) is 8.78 Å². The van der Waals surface area contributed by atoms with E-state index in [1.165, 1.54) is 6.92 Å². The summed E-state index contributed by atoms with van der Waals surface area (Å²) in [6.45, 7) is 3.36. The molecule has 0 aliphatic carbocycles. The molecule has 0 saturated carbocycles. The molecular weight excluding hydrogens is 264 g/mol. The Bertz CT molecular complexity index is 317. The van der Waals surface area contributed by atoms with Crippen LogP contribution in [-0.4, -0.2) is 12.5 Å². The van der Waals surface area contributed by atoms with E-state index in [4.69, 9.17) is 0 Å². The van der Waals surface area contributed by atoms with E-state index in [9.17, 15) is 8.78 Å². The van der Waals surface area contributed by atoms with Crippen LogP contribution in [0.15, 0.2) is 28.7 Å². The fourth-order valence-electron chi connectivity index (χ4n) is 1.34. The molecular formula is C11H14BrF2N. The van der Waals surface area contributed by atoms with Crippen molar-refractivity contribution < 1.29 is 8.78 Å². The van der Waals surface area contributed by atoms with Gasteiger partial charge >= 0.3 is 0 Å². The van der Waals surface area contributed by atoms with Crippen molar-refractivity contribution in [2.24, 2.45) is 0 Å². The standard InChI is InChI=1S/C11H14BrF2N/c1-7(15-8(2)11(13)14)9-4-3-5-10(12)6-9/h3-8,11,15H,1-2H3/t7-,8?/m1/s1. The molecule has 1 nitrogen and oxygen atoms in total. The van der Waals surface area contributed by atoms with E-state index < -0.39 is 12.5 Å². The third kappa shape index (κ3) is 3.87. The van der Waals surface area contributed by atoms with Crippen LogP contribution >= 0.6 is 15.9 Å². The minimum atomic E-state index is -2.33. The van der Waals surface area contributed by atoms with Gasteiger partial charge in [-0.3, -0.25) is 0 Å². The predicted octanol–water partition coefficient (Wildman–Crippen LogP) is 3.75. The second-order valence-electron chi connectivity index (χ2n) is 3.57. The Morgan fingerprint density at radius 1 is 1.27 bits per heavy atom. The van der Waals surface area contributed by atoms with Gasteiger partial charge < -0.3 is 5.32 Å². The van der Waals surface area contributed by atoms with E-state index in [-0.39, 0.29) is 6.04 Å². The van der Waals surface area contributed by atoms with Gasteiger partial charge in [0.15, 0.2) is 0 Å². The molecule has 1 aromatic rings. The highest BCUT2D eigenvalue weighted by atomic mass is 79.9. The van der Waals surface area contributed by atoms with Gasteiger partial charge in [-0.05, 0) is 31.5 Å². The topological polar surface area (TPSA) is 12.0 Å². The van der Waals surface area contributed by atoms with Gasteiger partial charge in [-0.2, -0.15) is 0 Å². The van der Waals surface area contributed by atoms with Crippen LogP contribution < -0.4 is 5.32 Å². The first-order valence-electron chi connectivity index (χ1n) is 4.80. The summed E-state index contributed by atoms with van der Waals surface area (Å²) < 4.78 is 25.6. The van der Waals surface area contributed by atoms with Crippen molar-refractivity contribution in [1.29, 1.82) is 0 Å². The highest BCUT2D eigenvalue weighted by molar-refractivity contribution is 9.10. The van der Waals surface area contributed by atoms with E-state index in [2.05, 4.69) is 21.2 Å². The van der Waals surface area contributed by atoms with Gasteiger partial charge in [0.25, 0.3) is 6.43 Å². The summed E-state index contributed by atoms with van der Waals surface area (Å²) >= 11 is 3.35. The van der Waals surface area contributed by atoms with E-state index in [1.54, 1.807) is 0 Å². The SMILES string of the molecule is CC(N[C@H](C)c1cccc(Br)c1)C(F)F. The van der Waals surface area contributed by atoms with Crippen molar-refractivity contribution in [3.05, 3.63) is 34.3 Å². The second-order valence-corrected chi connectivity index (χ2v) is 4.48. The number of nitrogens with one attached hydrogen (secondary N) is 1. The number of hydrogen-bond donors (Lipinski definition) is 1. The lowest BCUT2D eigenvalue weighted by atomic mass is 10.1. The Kier molecular flexibility index (Phi) is 4.67. The lowest BCUT2D eigenvalue weighted by molar-refractivity contribution is 0.101. The fraction of sp³-hybridized carbons (Fsp3) is 0.455. The van der Waals surface area contributed by atoms with Gasteiger partial charge in [0.1, 0.15) is 0 Å². The van der Waals surface area contributed by atoms with Crippen LogP contribution in [0.2, 0.25) is 0 Å². The molecule has 15 heavy (non-hydrogen) atoms. The van der Waals surface area contributed by atoms with Gasteiger partial charge in [-0.1, -0.05) is 28.1 Å². The summed E-state index contributed by atoms with van der Waals surface area (Å²) in [7, 11) is 0. The monoisotopic (exact) mass is 277 g/mol. The molecule has 2 atom stereocenters. The summed E-state index contributed by atoms with van der Waals surface area (Å²) in [6, 6.07) is 6.78. The average molecular weight is 278 g/mol. The number of hydrogen-bond acceptors (Lipinski definition) is 1. The Morgan fingerprint density at radius 3 is 2.47 bits per heavy atom. The Labute approximate surface area is 97.0 Å². The van der Waals surface area contributed by atoms with Crippen molar-refractivity contribution in [3.63, 3.8) is 0 Å². The lowest BCUT2D eigenvalue weighted by Gasteiger charge is -2.19. The summed E-state index contributed by atoms with van der Waals surface area (Å²) in [5.74, 6) is 0. The molecule has 0 amide bonds. The first kappa shape index (κ1) is 12.6. The van der Waals surface area contributed by atoms with Crippen molar-refractivity contribution >= 4 is 15.9 Å². The molecule has 1 N–H and O–H groups in total. The lowest BCUT2D eigenvalue weighted by Crippen LogP contribution is -2.34. The number of halogens is 3. The summed E-state index contributed by atoms with van der Waals surface area (Å²) in [5.41, 5.74) is 0.997. The van der Waals surface area contributed by atoms with Gasteiger partial charge in [0.05, 0.1) is 6.04 Å². The maximum absolute atomic E-state index is 12.3. The van der Waals surface area contributed by atoms with Crippen LogP contribution in [0.1, 0.15) is 25.5 Å². The Morgan fingerprint density at radius 2 is 1.93 bits per heavy atom. The van der Waals surface area contributed by atoms with Crippen LogP contribution in [0.5, 0.6) is 0 Å². The van der Waals surface area contributed by atoms with Crippen LogP contribution in [0.25, 0.3) is 0 Å². The van der Waals surface area contributed by atoms with Crippen molar-refractivity contribution in [2.75, 3.05) is 0 Å². The van der Waals surface area contributed by atoms with Crippen LogP contribution in [-0.2, 0) is 0 Å². The third-order valence-corrected chi connectivity index (χ3v) is 2.73. The van der Waals surface area contributed by atoms with E-state index >= 15 is 0 Å². The molecule has 0 aliphatic heterocycles. The second kappa shape index (κ2) is 5.56. The minimum absolute atomic E-state index is 0.0773.